The van der Waals surface area contributed by atoms with E-state index >= 15 is 0 Å². The van der Waals surface area contributed by atoms with Gasteiger partial charge in [-0.05, 0) is 24.6 Å². The molecule has 0 aliphatic carbocycles. The first-order chi connectivity index (χ1) is 6.85. The van der Waals surface area contributed by atoms with Crippen LogP contribution in [0.1, 0.15) is 18.1 Å². The van der Waals surface area contributed by atoms with E-state index in [1.54, 1.807) is 14.2 Å². The summed E-state index contributed by atoms with van der Waals surface area (Å²) in [7, 11) is 3.43. The van der Waals surface area contributed by atoms with Crippen molar-refractivity contribution >= 4 is 5.69 Å². The lowest BCUT2D eigenvalue weighted by Gasteiger charge is -2.25. The van der Waals surface area contributed by atoms with Crippen molar-refractivity contribution in [3.8, 4) is 5.75 Å². The van der Waals surface area contributed by atoms with Crippen molar-refractivity contribution in [2.24, 2.45) is 0 Å². The van der Waals surface area contributed by atoms with Crippen LogP contribution in [0.25, 0.3) is 0 Å². The molecule has 0 bridgehead atoms. The number of hydrogen-bond acceptors (Lipinski definition) is 3. The maximum Gasteiger partial charge on any atom is 0.119 e. The van der Waals surface area contributed by atoms with E-state index < -0.39 is 0 Å². The van der Waals surface area contributed by atoms with Crippen molar-refractivity contribution in [3.63, 3.8) is 0 Å². The molecule has 0 fully saturated rings. The highest BCUT2D eigenvalue weighted by molar-refractivity contribution is 5.56. The largest absolute Gasteiger partial charge is 0.497 e. The summed E-state index contributed by atoms with van der Waals surface area (Å²) in [6, 6.07) is 6.04. The molecule has 14 heavy (non-hydrogen) atoms. The summed E-state index contributed by atoms with van der Waals surface area (Å²) in [5, 5.41) is 3.34. The zero-order valence-electron chi connectivity index (χ0n) is 8.54. The first-order valence-corrected chi connectivity index (χ1v) is 4.79. The van der Waals surface area contributed by atoms with E-state index in [9.17, 15) is 0 Å². The quantitative estimate of drug-likeness (QED) is 0.781. The summed E-state index contributed by atoms with van der Waals surface area (Å²) in [6.45, 7) is 0.970. The molecular formula is C11H15NO2. The van der Waals surface area contributed by atoms with E-state index in [0.29, 0.717) is 0 Å². The second-order valence-corrected chi connectivity index (χ2v) is 3.39. The van der Waals surface area contributed by atoms with Crippen LogP contribution in [-0.2, 0) is 4.74 Å². The Morgan fingerprint density at radius 1 is 1.36 bits per heavy atom. The van der Waals surface area contributed by atoms with Crippen LogP contribution in [-0.4, -0.2) is 20.8 Å². The van der Waals surface area contributed by atoms with Crippen molar-refractivity contribution in [3.05, 3.63) is 23.8 Å². The molecule has 1 atom stereocenters. The molecule has 1 unspecified atom stereocenters. The lowest BCUT2D eigenvalue weighted by atomic mass is 10.00. The predicted molar refractivity (Wildman–Crippen MR) is 55.9 cm³/mol. The first-order valence-electron chi connectivity index (χ1n) is 4.79. The third-order valence-electron chi connectivity index (χ3n) is 2.61. The zero-order chi connectivity index (χ0) is 9.97. The van der Waals surface area contributed by atoms with Gasteiger partial charge in [-0.1, -0.05) is 0 Å². The maximum absolute atomic E-state index is 5.42. The number of nitrogens with one attached hydrogen (secondary N) is 1. The van der Waals surface area contributed by atoms with Gasteiger partial charge in [0, 0.05) is 24.9 Å². The molecule has 1 aliphatic rings. The molecule has 0 saturated heterocycles. The molecule has 0 aromatic heterocycles. The third kappa shape index (κ3) is 1.55. The van der Waals surface area contributed by atoms with E-state index in [1.807, 2.05) is 18.2 Å². The van der Waals surface area contributed by atoms with Crippen LogP contribution in [0.15, 0.2) is 18.2 Å². The van der Waals surface area contributed by atoms with Crippen LogP contribution in [0.5, 0.6) is 5.75 Å². The van der Waals surface area contributed by atoms with Crippen molar-refractivity contribution in [1.82, 2.24) is 0 Å². The molecule has 1 aliphatic heterocycles. The first kappa shape index (κ1) is 9.34. The molecule has 1 aromatic carbocycles. The number of methoxy groups -OCH3 is 2. The Bertz CT molecular complexity index is 325. The summed E-state index contributed by atoms with van der Waals surface area (Å²) < 4.78 is 10.6. The summed E-state index contributed by atoms with van der Waals surface area (Å²) in [5.41, 5.74) is 2.35. The molecule has 0 saturated carbocycles. The van der Waals surface area contributed by atoms with E-state index in [1.165, 1.54) is 5.56 Å². The zero-order valence-corrected chi connectivity index (χ0v) is 8.54. The van der Waals surface area contributed by atoms with Gasteiger partial charge < -0.3 is 14.8 Å². The van der Waals surface area contributed by atoms with Gasteiger partial charge in [-0.3, -0.25) is 0 Å². The molecule has 76 valence electrons. The van der Waals surface area contributed by atoms with E-state index in [0.717, 1.165) is 24.4 Å². The highest BCUT2D eigenvalue weighted by Crippen LogP contribution is 2.34. The normalized spacial score (nSPS) is 19.7. The number of rotatable bonds is 2. The Morgan fingerprint density at radius 3 is 2.93 bits per heavy atom. The van der Waals surface area contributed by atoms with Crippen molar-refractivity contribution < 1.29 is 9.47 Å². The topological polar surface area (TPSA) is 30.5 Å². The van der Waals surface area contributed by atoms with Gasteiger partial charge in [0.25, 0.3) is 0 Å². The molecule has 0 spiro atoms. The Morgan fingerprint density at radius 2 is 2.21 bits per heavy atom. The van der Waals surface area contributed by atoms with Crippen molar-refractivity contribution in [2.45, 2.75) is 12.5 Å². The minimum absolute atomic E-state index is 0.196. The second-order valence-electron chi connectivity index (χ2n) is 3.39. The fraction of sp³-hybridized carbons (Fsp3) is 0.455. The van der Waals surface area contributed by atoms with E-state index in [2.05, 4.69) is 5.32 Å². The summed E-state index contributed by atoms with van der Waals surface area (Å²) in [5.74, 6) is 0.884. The monoisotopic (exact) mass is 193 g/mol. The van der Waals surface area contributed by atoms with Gasteiger partial charge in [-0.2, -0.15) is 0 Å². The number of anilines is 1. The molecule has 1 aromatic rings. The average molecular weight is 193 g/mol. The van der Waals surface area contributed by atoms with Crippen LogP contribution in [0.2, 0.25) is 0 Å². The van der Waals surface area contributed by atoms with Crippen LogP contribution in [0.3, 0.4) is 0 Å². The van der Waals surface area contributed by atoms with Crippen LogP contribution < -0.4 is 10.1 Å². The van der Waals surface area contributed by atoms with E-state index in [4.69, 9.17) is 9.47 Å². The predicted octanol–water partition coefficient (Wildman–Crippen LogP) is 2.20. The minimum atomic E-state index is 0.196. The van der Waals surface area contributed by atoms with Crippen LogP contribution in [0.4, 0.5) is 5.69 Å². The molecule has 1 N–H and O–H groups in total. The number of hydrogen-bond donors (Lipinski definition) is 1. The highest BCUT2D eigenvalue weighted by atomic mass is 16.5. The lowest BCUT2D eigenvalue weighted by molar-refractivity contribution is 0.0963. The minimum Gasteiger partial charge on any atom is -0.497 e. The maximum atomic E-state index is 5.42. The van der Waals surface area contributed by atoms with Gasteiger partial charge in [0.2, 0.25) is 0 Å². The number of fused-ring (bicyclic) bond motifs is 1. The Hall–Kier alpha value is -1.22. The summed E-state index contributed by atoms with van der Waals surface area (Å²) in [6.07, 6.45) is 1.21. The average Bonchev–Trinajstić information content (AvgIpc) is 2.27. The standard InChI is InChI=1S/C11H15NO2/c1-13-8-3-4-10-9(7-8)11(14-2)5-6-12-10/h3-4,7,11-12H,5-6H2,1-2H3. The summed E-state index contributed by atoms with van der Waals surface area (Å²) >= 11 is 0. The fourth-order valence-corrected chi connectivity index (χ4v) is 1.83. The van der Waals surface area contributed by atoms with Gasteiger partial charge in [-0.25, -0.2) is 0 Å². The molecular weight excluding hydrogens is 178 g/mol. The van der Waals surface area contributed by atoms with Crippen LogP contribution >= 0.6 is 0 Å². The Balaban J connectivity index is 2.38. The Labute approximate surface area is 84.0 Å². The number of benzene rings is 1. The van der Waals surface area contributed by atoms with Crippen LogP contribution in [0, 0.1) is 0 Å². The van der Waals surface area contributed by atoms with Gasteiger partial charge in [0.05, 0.1) is 13.2 Å². The van der Waals surface area contributed by atoms with Gasteiger partial charge in [0.15, 0.2) is 0 Å². The van der Waals surface area contributed by atoms with E-state index in [-0.39, 0.29) is 6.10 Å². The molecule has 3 nitrogen and oxygen atoms in total. The highest BCUT2D eigenvalue weighted by Gasteiger charge is 2.19. The smallest absolute Gasteiger partial charge is 0.119 e. The molecule has 0 amide bonds. The molecule has 2 rings (SSSR count). The Kier molecular flexibility index (Phi) is 2.59. The fourth-order valence-electron chi connectivity index (χ4n) is 1.83. The molecule has 1 heterocycles. The SMILES string of the molecule is COc1ccc2c(c1)C(OC)CCN2. The van der Waals surface area contributed by atoms with Crippen molar-refractivity contribution in [1.29, 1.82) is 0 Å². The van der Waals surface area contributed by atoms with Crippen molar-refractivity contribution in [2.75, 3.05) is 26.1 Å². The van der Waals surface area contributed by atoms with Gasteiger partial charge in [-0.15, -0.1) is 0 Å². The molecule has 0 radical (unpaired) electrons. The summed E-state index contributed by atoms with van der Waals surface area (Å²) in [4.78, 5) is 0. The van der Waals surface area contributed by atoms with Gasteiger partial charge in [0.1, 0.15) is 5.75 Å². The molecule has 3 heteroatoms. The third-order valence-corrected chi connectivity index (χ3v) is 2.61. The second kappa shape index (κ2) is 3.88. The number of ether oxygens (including phenoxy) is 2. The lowest BCUT2D eigenvalue weighted by Crippen LogP contribution is -2.17. The van der Waals surface area contributed by atoms with Gasteiger partial charge >= 0.3 is 0 Å².